The Balaban J connectivity index is 1.33. The minimum absolute atomic E-state index is 0.164. The minimum Gasteiger partial charge on any atom is -0.454 e. The highest BCUT2D eigenvalue weighted by Gasteiger charge is 2.30. The third kappa shape index (κ3) is 4.21. The number of benzene rings is 1. The van der Waals surface area contributed by atoms with Gasteiger partial charge in [0.05, 0.1) is 0 Å². The third-order valence-corrected chi connectivity index (χ3v) is 4.78. The van der Waals surface area contributed by atoms with E-state index in [1.807, 2.05) is 39.0 Å². The van der Waals surface area contributed by atoms with Crippen molar-refractivity contribution >= 4 is 6.09 Å². The predicted octanol–water partition coefficient (Wildman–Crippen LogP) is 3.50. The molecule has 4 rings (SSSR count). The fraction of sp³-hybridized carbons (Fsp3) is 0.550. The van der Waals surface area contributed by atoms with Crippen LogP contribution in [0, 0.1) is 0 Å². The molecular formula is C20H25N3O5. The normalized spacial score (nSPS) is 17.0. The van der Waals surface area contributed by atoms with Crippen molar-refractivity contribution in [3.8, 4) is 11.5 Å². The summed E-state index contributed by atoms with van der Waals surface area (Å²) in [6.45, 7) is 7.12. The van der Waals surface area contributed by atoms with Crippen molar-refractivity contribution in [2.45, 2.75) is 51.6 Å². The zero-order valence-corrected chi connectivity index (χ0v) is 16.4. The summed E-state index contributed by atoms with van der Waals surface area (Å²) in [6, 6.07) is 5.81. The lowest BCUT2D eigenvalue weighted by Gasteiger charge is -2.32. The van der Waals surface area contributed by atoms with Crippen molar-refractivity contribution in [1.29, 1.82) is 0 Å². The summed E-state index contributed by atoms with van der Waals surface area (Å²) in [7, 11) is 0. The molecule has 1 fully saturated rings. The molecule has 3 heterocycles. The maximum Gasteiger partial charge on any atom is 0.410 e. The highest BCUT2D eigenvalue weighted by atomic mass is 16.7. The van der Waals surface area contributed by atoms with E-state index in [1.54, 1.807) is 4.90 Å². The van der Waals surface area contributed by atoms with E-state index < -0.39 is 5.60 Å². The zero-order chi connectivity index (χ0) is 19.7. The molecule has 2 aliphatic heterocycles. The van der Waals surface area contributed by atoms with E-state index in [9.17, 15) is 4.79 Å². The Kier molecular flexibility index (Phi) is 4.87. The number of rotatable bonds is 3. The average Bonchev–Trinajstić information content (AvgIpc) is 3.29. The van der Waals surface area contributed by atoms with Crippen molar-refractivity contribution in [2.24, 2.45) is 0 Å². The van der Waals surface area contributed by atoms with Gasteiger partial charge in [0.25, 0.3) is 0 Å². The number of carbonyl (C=O) groups excluding carboxylic acids is 1. The Bertz CT molecular complexity index is 850. The van der Waals surface area contributed by atoms with E-state index in [2.05, 4.69) is 10.1 Å². The second kappa shape index (κ2) is 7.33. The molecule has 1 aromatic carbocycles. The van der Waals surface area contributed by atoms with Gasteiger partial charge in [-0.25, -0.2) is 4.79 Å². The number of carbonyl (C=O) groups is 1. The summed E-state index contributed by atoms with van der Waals surface area (Å²) < 4.78 is 21.7. The monoisotopic (exact) mass is 387 g/mol. The molecule has 0 aliphatic carbocycles. The minimum atomic E-state index is -0.482. The van der Waals surface area contributed by atoms with E-state index in [1.165, 1.54) is 0 Å². The smallest absolute Gasteiger partial charge is 0.410 e. The van der Waals surface area contributed by atoms with Crippen LogP contribution in [0.4, 0.5) is 4.79 Å². The number of likely N-dealkylation sites (tertiary alicyclic amines) is 1. The van der Waals surface area contributed by atoms with Gasteiger partial charge in [0.1, 0.15) is 5.60 Å². The second-order valence-corrected chi connectivity index (χ2v) is 8.15. The first-order valence-electron chi connectivity index (χ1n) is 9.56. The topological polar surface area (TPSA) is 86.9 Å². The Morgan fingerprint density at radius 3 is 2.71 bits per heavy atom. The predicted molar refractivity (Wildman–Crippen MR) is 99.5 cm³/mol. The van der Waals surface area contributed by atoms with Crippen molar-refractivity contribution in [1.82, 2.24) is 15.0 Å². The lowest BCUT2D eigenvalue weighted by molar-refractivity contribution is 0.0198. The summed E-state index contributed by atoms with van der Waals surface area (Å²) in [6.07, 6.45) is 1.87. The lowest BCUT2D eigenvalue weighted by Crippen LogP contribution is -2.41. The van der Waals surface area contributed by atoms with Crippen LogP contribution in [0.25, 0.3) is 0 Å². The molecule has 8 heteroatoms. The van der Waals surface area contributed by atoms with Gasteiger partial charge >= 0.3 is 6.09 Å². The molecule has 1 saturated heterocycles. The first-order valence-corrected chi connectivity index (χ1v) is 9.56. The zero-order valence-electron chi connectivity index (χ0n) is 16.4. The molecule has 28 heavy (non-hydrogen) atoms. The molecule has 0 bridgehead atoms. The first kappa shape index (κ1) is 18.6. The SMILES string of the molecule is CC(C)(C)OC(=O)N1CCC(c2nc(Cc3ccc4c(c3)OCO4)no2)CC1. The van der Waals surface area contributed by atoms with Crippen molar-refractivity contribution in [2.75, 3.05) is 19.9 Å². The Hall–Kier alpha value is -2.77. The highest BCUT2D eigenvalue weighted by molar-refractivity contribution is 5.68. The number of amides is 1. The van der Waals surface area contributed by atoms with Crippen molar-refractivity contribution in [3.63, 3.8) is 0 Å². The lowest BCUT2D eigenvalue weighted by atomic mass is 9.97. The molecule has 0 radical (unpaired) electrons. The van der Waals surface area contributed by atoms with Crippen LogP contribution in [0.3, 0.4) is 0 Å². The number of fused-ring (bicyclic) bond motifs is 1. The van der Waals surface area contributed by atoms with Gasteiger partial charge in [-0.05, 0) is 51.3 Å². The van der Waals surface area contributed by atoms with Gasteiger partial charge in [0.2, 0.25) is 12.7 Å². The van der Waals surface area contributed by atoms with Gasteiger partial charge in [-0.2, -0.15) is 4.98 Å². The van der Waals surface area contributed by atoms with Gasteiger partial charge in [0, 0.05) is 25.4 Å². The Labute approximate surface area is 163 Å². The average molecular weight is 387 g/mol. The van der Waals surface area contributed by atoms with Crippen molar-refractivity contribution < 1.29 is 23.5 Å². The van der Waals surface area contributed by atoms with Crippen LogP contribution in [0.1, 0.15) is 56.8 Å². The molecule has 0 unspecified atom stereocenters. The molecule has 0 N–H and O–H groups in total. The summed E-state index contributed by atoms with van der Waals surface area (Å²) in [4.78, 5) is 18.5. The molecule has 1 aromatic heterocycles. The molecular weight excluding hydrogens is 362 g/mol. The van der Waals surface area contributed by atoms with E-state index in [0.717, 1.165) is 29.9 Å². The van der Waals surface area contributed by atoms with Gasteiger partial charge < -0.3 is 23.6 Å². The number of hydrogen-bond acceptors (Lipinski definition) is 7. The standard InChI is InChI=1S/C20H25N3O5/c1-20(2,3)27-19(24)23-8-6-14(7-9-23)18-21-17(22-28-18)11-13-4-5-15-16(10-13)26-12-25-15/h4-5,10,14H,6-9,11-12H2,1-3H3. The second-order valence-electron chi connectivity index (χ2n) is 8.15. The fourth-order valence-electron chi connectivity index (χ4n) is 3.37. The first-order chi connectivity index (χ1) is 13.4. The largest absolute Gasteiger partial charge is 0.454 e. The van der Waals surface area contributed by atoms with Crippen LogP contribution < -0.4 is 9.47 Å². The Morgan fingerprint density at radius 1 is 1.21 bits per heavy atom. The number of nitrogens with zero attached hydrogens (tertiary/aromatic N) is 3. The molecule has 0 saturated carbocycles. The van der Waals surface area contributed by atoms with Gasteiger partial charge in [-0.3, -0.25) is 0 Å². The molecule has 8 nitrogen and oxygen atoms in total. The van der Waals surface area contributed by atoms with Crippen LogP contribution in [-0.2, 0) is 11.2 Å². The molecule has 0 atom stereocenters. The summed E-state index contributed by atoms with van der Waals surface area (Å²) in [5.41, 5.74) is 0.556. The number of aromatic nitrogens is 2. The van der Waals surface area contributed by atoms with Gasteiger partial charge in [-0.15, -0.1) is 0 Å². The quantitative estimate of drug-likeness (QED) is 0.796. The fourth-order valence-corrected chi connectivity index (χ4v) is 3.37. The van der Waals surface area contributed by atoms with Crippen LogP contribution in [-0.4, -0.2) is 46.6 Å². The number of hydrogen-bond donors (Lipinski definition) is 0. The number of piperidine rings is 1. The molecule has 2 aromatic rings. The summed E-state index contributed by atoms with van der Waals surface area (Å²) in [5.74, 6) is 2.95. The van der Waals surface area contributed by atoms with Crippen LogP contribution in [0.5, 0.6) is 11.5 Å². The molecule has 150 valence electrons. The molecule has 2 aliphatic rings. The van der Waals surface area contributed by atoms with E-state index in [0.29, 0.717) is 31.2 Å². The highest BCUT2D eigenvalue weighted by Crippen LogP contribution is 2.33. The maximum absolute atomic E-state index is 12.2. The van der Waals surface area contributed by atoms with E-state index in [4.69, 9.17) is 18.7 Å². The summed E-state index contributed by atoms with van der Waals surface area (Å²) in [5, 5.41) is 4.12. The van der Waals surface area contributed by atoms with Crippen LogP contribution >= 0.6 is 0 Å². The van der Waals surface area contributed by atoms with Gasteiger partial charge in [0.15, 0.2) is 17.3 Å². The number of ether oxygens (including phenoxy) is 3. The third-order valence-electron chi connectivity index (χ3n) is 4.78. The van der Waals surface area contributed by atoms with Crippen LogP contribution in [0.15, 0.2) is 22.7 Å². The van der Waals surface area contributed by atoms with Crippen LogP contribution in [0.2, 0.25) is 0 Å². The summed E-state index contributed by atoms with van der Waals surface area (Å²) >= 11 is 0. The molecule has 1 amide bonds. The van der Waals surface area contributed by atoms with Gasteiger partial charge in [-0.1, -0.05) is 11.2 Å². The maximum atomic E-state index is 12.2. The van der Waals surface area contributed by atoms with Crippen molar-refractivity contribution in [3.05, 3.63) is 35.5 Å². The van der Waals surface area contributed by atoms with E-state index >= 15 is 0 Å². The molecule has 0 spiro atoms. The Morgan fingerprint density at radius 2 is 1.96 bits per heavy atom. The van der Waals surface area contributed by atoms with E-state index in [-0.39, 0.29) is 18.8 Å².